The fourth-order valence-electron chi connectivity index (χ4n) is 3.22. The van der Waals surface area contributed by atoms with Gasteiger partial charge in [-0.1, -0.05) is 24.3 Å². The standard InChI is InChI=1S/C24H21N5O4/c25-13-19-21(16-4-6-18(7-5-16)32-11-9-30)20(14-26)24(29-22(19)27)33-10-8-15-2-1-3-17(12-15)23(28)31/h1-7,12,30H,8-11H2,(H2,27,29)(H2,28,31). The van der Waals surface area contributed by atoms with Gasteiger partial charge in [0.05, 0.1) is 13.2 Å². The summed E-state index contributed by atoms with van der Waals surface area (Å²) in [7, 11) is 0. The Bertz CT molecular complexity index is 1240. The maximum Gasteiger partial charge on any atom is 0.248 e. The van der Waals surface area contributed by atoms with Crippen molar-refractivity contribution in [3.8, 4) is 34.9 Å². The zero-order valence-electron chi connectivity index (χ0n) is 17.6. The van der Waals surface area contributed by atoms with Crippen LogP contribution >= 0.6 is 0 Å². The fraction of sp³-hybridized carbons (Fsp3) is 0.167. The van der Waals surface area contributed by atoms with E-state index in [1.54, 1.807) is 42.5 Å². The Morgan fingerprint density at radius 1 is 1.03 bits per heavy atom. The van der Waals surface area contributed by atoms with Crippen molar-refractivity contribution in [1.82, 2.24) is 4.98 Å². The van der Waals surface area contributed by atoms with E-state index in [1.165, 1.54) is 0 Å². The summed E-state index contributed by atoms with van der Waals surface area (Å²) in [5.41, 5.74) is 13.5. The van der Waals surface area contributed by atoms with Gasteiger partial charge >= 0.3 is 0 Å². The predicted octanol–water partition coefficient (Wildman–Crippen LogP) is 2.17. The van der Waals surface area contributed by atoms with Crippen molar-refractivity contribution in [2.45, 2.75) is 6.42 Å². The number of nitrogens with zero attached hydrogens (tertiary/aromatic N) is 3. The third kappa shape index (κ3) is 5.37. The van der Waals surface area contributed by atoms with E-state index in [-0.39, 0.29) is 42.6 Å². The summed E-state index contributed by atoms with van der Waals surface area (Å²) < 4.78 is 11.1. The number of pyridine rings is 1. The number of aliphatic hydroxyl groups is 1. The molecule has 0 unspecified atom stereocenters. The molecule has 0 fully saturated rings. The van der Waals surface area contributed by atoms with Crippen molar-refractivity contribution < 1.29 is 19.4 Å². The number of nitrogen functional groups attached to an aromatic ring is 1. The molecule has 0 saturated heterocycles. The van der Waals surface area contributed by atoms with E-state index in [1.807, 2.05) is 12.1 Å². The van der Waals surface area contributed by atoms with Gasteiger partial charge in [-0.15, -0.1) is 0 Å². The first kappa shape index (κ1) is 23.1. The van der Waals surface area contributed by atoms with Crippen LogP contribution in [-0.2, 0) is 6.42 Å². The van der Waals surface area contributed by atoms with Gasteiger partial charge in [-0.25, -0.2) is 0 Å². The molecule has 33 heavy (non-hydrogen) atoms. The summed E-state index contributed by atoms with van der Waals surface area (Å²) in [4.78, 5) is 15.5. The van der Waals surface area contributed by atoms with Crippen molar-refractivity contribution >= 4 is 11.7 Å². The molecule has 1 heterocycles. The van der Waals surface area contributed by atoms with E-state index in [4.69, 9.17) is 26.0 Å². The van der Waals surface area contributed by atoms with Crippen LogP contribution in [-0.4, -0.2) is 35.8 Å². The van der Waals surface area contributed by atoms with Crippen LogP contribution in [0.5, 0.6) is 11.6 Å². The summed E-state index contributed by atoms with van der Waals surface area (Å²) in [6.45, 7) is 0.185. The first-order chi connectivity index (χ1) is 16.0. The number of primary amides is 1. The number of hydrogen-bond donors (Lipinski definition) is 3. The molecule has 5 N–H and O–H groups in total. The second-order valence-electron chi connectivity index (χ2n) is 6.91. The number of hydrogen-bond acceptors (Lipinski definition) is 8. The predicted molar refractivity (Wildman–Crippen MR) is 120 cm³/mol. The molecule has 1 aromatic heterocycles. The van der Waals surface area contributed by atoms with Crippen LogP contribution in [0.4, 0.5) is 5.82 Å². The number of nitriles is 2. The van der Waals surface area contributed by atoms with E-state index in [2.05, 4.69) is 11.1 Å². The minimum atomic E-state index is -0.525. The zero-order valence-corrected chi connectivity index (χ0v) is 17.6. The van der Waals surface area contributed by atoms with Gasteiger partial charge in [0.15, 0.2) is 0 Å². The number of ether oxygens (including phenoxy) is 2. The lowest BCUT2D eigenvalue weighted by Crippen LogP contribution is -2.12. The van der Waals surface area contributed by atoms with Gasteiger partial charge in [0.25, 0.3) is 0 Å². The van der Waals surface area contributed by atoms with E-state index in [9.17, 15) is 15.3 Å². The third-order valence-corrected chi connectivity index (χ3v) is 4.76. The molecular weight excluding hydrogens is 422 g/mol. The van der Waals surface area contributed by atoms with Crippen LogP contribution in [0.3, 0.4) is 0 Å². The summed E-state index contributed by atoms with van der Waals surface area (Å²) in [5, 5.41) is 28.3. The minimum absolute atomic E-state index is 0.00987. The Morgan fingerprint density at radius 2 is 1.76 bits per heavy atom. The molecule has 1 amide bonds. The highest BCUT2D eigenvalue weighted by Crippen LogP contribution is 2.35. The lowest BCUT2D eigenvalue weighted by molar-refractivity contribution is 0.1000. The number of aromatic nitrogens is 1. The number of anilines is 1. The van der Waals surface area contributed by atoms with Crippen molar-refractivity contribution in [1.29, 1.82) is 10.5 Å². The number of amides is 1. The number of nitrogens with two attached hydrogens (primary N) is 2. The lowest BCUT2D eigenvalue weighted by Gasteiger charge is -2.14. The van der Waals surface area contributed by atoms with E-state index >= 15 is 0 Å². The maximum absolute atomic E-state index is 11.4. The monoisotopic (exact) mass is 443 g/mol. The molecule has 0 aliphatic heterocycles. The molecule has 9 nitrogen and oxygen atoms in total. The molecule has 0 radical (unpaired) electrons. The molecule has 0 aliphatic carbocycles. The summed E-state index contributed by atoms with van der Waals surface area (Å²) in [5.74, 6) is -0.0431. The van der Waals surface area contributed by atoms with E-state index in [0.29, 0.717) is 28.9 Å². The highest BCUT2D eigenvalue weighted by atomic mass is 16.5. The molecule has 0 bridgehead atoms. The first-order valence-corrected chi connectivity index (χ1v) is 9.97. The highest BCUT2D eigenvalue weighted by molar-refractivity contribution is 5.92. The third-order valence-electron chi connectivity index (χ3n) is 4.76. The average Bonchev–Trinajstić information content (AvgIpc) is 2.83. The average molecular weight is 443 g/mol. The van der Waals surface area contributed by atoms with Crippen LogP contribution in [0.1, 0.15) is 27.0 Å². The largest absolute Gasteiger partial charge is 0.491 e. The number of aliphatic hydroxyl groups excluding tert-OH is 1. The zero-order chi connectivity index (χ0) is 23.8. The molecule has 2 aromatic carbocycles. The molecule has 166 valence electrons. The van der Waals surface area contributed by atoms with Crippen LogP contribution < -0.4 is 20.9 Å². The van der Waals surface area contributed by atoms with Gasteiger partial charge in [-0.05, 0) is 35.4 Å². The molecule has 3 aromatic rings. The van der Waals surface area contributed by atoms with Crippen molar-refractivity contribution in [3.05, 3.63) is 70.8 Å². The van der Waals surface area contributed by atoms with Crippen molar-refractivity contribution in [2.24, 2.45) is 5.73 Å². The Balaban J connectivity index is 1.90. The Hall–Kier alpha value is -4.60. The quantitative estimate of drug-likeness (QED) is 0.452. The molecular formula is C24H21N5O4. The van der Waals surface area contributed by atoms with Crippen molar-refractivity contribution in [2.75, 3.05) is 25.6 Å². The summed E-state index contributed by atoms with van der Waals surface area (Å²) >= 11 is 0. The van der Waals surface area contributed by atoms with Gasteiger partial charge < -0.3 is 26.0 Å². The van der Waals surface area contributed by atoms with Gasteiger partial charge in [0.1, 0.15) is 41.4 Å². The van der Waals surface area contributed by atoms with Gasteiger partial charge in [0, 0.05) is 17.5 Å². The van der Waals surface area contributed by atoms with Crippen LogP contribution in [0, 0.1) is 22.7 Å². The molecule has 0 atom stereocenters. The van der Waals surface area contributed by atoms with Crippen LogP contribution in [0.2, 0.25) is 0 Å². The summed E-state index contributed by atoms with van der Waals surface area (Å²) in [6.07, 6.45) is 0.430. The van der Waals surface area contributed by atoms with Crippen LogP contribution in [0.25, 0.3) is 11.1 Å². The Labute approximate surface area is 190 Å². The number of carbonyl (C=O) groups is 1. The second-order valence-corrected chi connectivity index (χ2v) is 6.91. The SMILES string of the molecule is N#Cc1c(N)nc(OCCc2cccc(C(N)=O)c2)c(C#N)c1-c1ccc(OCCO)cc1. The number of carbonyl (C=O) groups excluding carboxylic acids is 1. The van der Waals surface area contributed by atoms with E-state index < -0.39 is 5.91 Å². The molecule has 0 spiro atoms. The first-order valence-electron chi connectivity index (χ1n) is 9.97. The van der Waals surface area contributed by atoms with Crippen LogP contribution in [0.15, 0.2) is 48.5 Å². The van der Waals surface area contributed by atoms with E-state index in [0.717, 1.165) is 5.56 Å². The smallest absolute Gasteiger partial charge is 0.248 e. The van der Waals surface area contributed by atoms with Gasteiger partial charge in [-0.3, -0.25) is 4.79 Å². The number of benzene rings is 2. The normalized spacial score (nSPS) is 10.2. The van der Waals surface area contributed by atoms with Gasteiger partial charge in [-0.2, -0.15) is 15.5 Å². The molecule has 9 heteroatoms. The Kier molecular flexibility index (Phi) is 7.43. The number of rotatable bonds is 9. The highest BCUT2D eigenvalue weighted by Gasteiger charge is 2.21. The summed E-state index contributed by atoms with van der Waals surface area (Å²) in [6, 6.07) is 17.6. The lowest BCUT2D eigenvalue weighted by atomic mass is 9.96. The Morgan fingerprint density at radius 3 is 2.39 bits per heavy atom. The molecule has 0 saturated carbocycles. The topological polar surface area (TPSA) is 168 Å². The minimum Gasteiger partial charge on any atom is -0.491 e. The second kappa shape index (κ2) is 10.6. The molecule has 0 aliphatic rings. The van der Waals surface area contributed by atoms with Gasteiger partial charge in [0.2, 0.25) is 11.8 Å². The van der Waals surface area contributed by atoms with Crippen molar-refractivity contribution in [3.63, 3.8) is 0 Å². The maximum atomic E-state index is 11.4. The fourth-order valence-corrected chi connectivity index (χ4v) is 3.22. The molecule has 3 rings (SSSR count).